The van der Waals surface area contributed by atoms with E-state index in [2.05, 4.69) is 5.32 Å². The van der Waals surface area contributed by atoms with Gasteiger partial charge in [0, 0.05) is 22.6 Å². The standard InChI is InChI=1S/C13H15NO4/c1-2-7(13(17)18)6-8-4-3-5-9-10(8)12(16)14-11(9)15/h6,8H,2-5H2,1H3,(H,17,18)(H,14,15,16). The maximum Gasteiger partial charge on any atom is 0.331 e. The Morgan fingerprint density at radius 1 is 1.44 bits per heavy atom. The third-order valence-corrected chi connectivity index (χ3v) is 3.44. The molecule has 1 unspecified atom stereocenters. The van der Waals surface area contributed by atoms with E-state index in [0.717, 1.165) is 12.8 Å². The largest absolute Gasteiger partial charge is 0.478 e. The molecular weight excluding hydrogens is 234 g/mol. The van der Waals surface area contributed by atoms with Gasteiger partial charge in [-0.15, -0.1) is 0 Å². The van der Waals surface area contributed by atoms with E-state index >= 15 is 0 Å². The maximum atomic E-state index is 11.7. The first kappa shape index (κ1) is 12.5. The van der Waals surface area contributed by atoms with Crippen molar-refractivity contribution >= 4 is 17.8 Å². The lowest BCUT2D eigenvalue weighted by Gasteiger charge is -2.19. The van der Waals surface area contributed by atoms with E-state index in [1.807, 2.05) is 0 Å². The summed E-state index contributed by atoms with van der Waals surface area (Å²) in [5, 5.41) is 11.3. The number of rotatable bonds is 3. The molecule has 2 amide bonds. The topological polar surface area (TPSA) is 83.5 Å². The maximum absolute atomic E-state index is 11.7. The van der Waals surface area contributed by atoms with Gasteiger partial charge in [-0.1, -0.05) is 13.0 Å². The number of carbonyl (C=O) groups is 3. The molecular formula is C13H15NO4. The summed E-state index contributed by atoms with van der Waals surface area (Å²) < 4.78 is 0. The summed E-state index contributed by atoms with van der Waals surface area (Å²) in [5.74, 6) is -1.89. The Morgan fingerprint density at radius 3 is 2.78 bits per heavy atom. The van der Waals surface area contributed by atoms with Crippen LogP contribution >= 0.6 is 0 Å². The molecule has 1 aliphatic heterocycles. The van der Waals surface area contributed by atoms with Crippen molar-refractivity contribution in [1.29, 1.82) is 0 Å². The molecule has 0 saturated heterocycles. The minimum absolute atomic E-state index is 0.244. The molecule has 5 nitrogen and oxygen atoms in total. The SMILES string of the molecule is CCC(=CC1CCCC2=C1C(=O)NC2=O)C(=O)O. The van der Waals surface area contributed by atoms with Crippen LogP contribution in [-0.4, -0.2) is 22.9 Å². The Balaban J connectivity index is 2.37. The van der Waals surface area contributed by atoms with Crippen LogP contribution in [0.1, 0.15) is 32.6 Å². The first-order valence-electron chi connectivity index (χ1n) is 6.07. The van der Waals surface area contributed by atoms with Gasteiger partial charge in [0.05, 0.1) is 0 Å². The average molecular weight is 249 g/mol. The van der Waals surface area contributed by atoms with E-state index in [0.29, 0.717) is 29.6 Å². The van der Waals surface area contributed by atoms with Crippen LogP contribution in [0.2, 0.25) is 0 Å². The van der Waals surface area contributed by atoms with Gasteiger partial charge in [0.1, 0.15) is 0 Å². The van der Waals surface area contributed by atoms with E-state index in [1.54, 1.807) is 13.0 Å². The molecule has 0 fully saturated rings. The Kier molecular flexibility index (Phi) is 3.32. The summed E-state index contributed by atoms with van der Waals surface area (Å²) in [7, 11) is 0. The van der Waals surface area contributed by atoms with Gasteiger partial charge in [0.15, 0.2) is 0 Å². The van der Waals surface area contributed by atoms with E-state index in [1.165, 1.54) is 0 Å². The molecule has 18 heavy (non-hydrogen) atoms. The molecule has 0 aromatic rings. The summed E-state index contributed by atoms with van der Waals surface area (Å²) in [5.41, 5.74) is 1.30. The monoisotopic (exact) mass is 249 g/mol. The third-order valence-electron chi connectivity index (χ3n) is 3.44. The fourth-order valence-electron chi connectivity index (χ4n) is 2.54. The van der Waals surface area contributed by atoms with Crippen LogP contribution in [0.3, 0.4) is 0 Å². The predicted octanol–water partition coefficient (Wildman–Crippen LogP) is 1.16. The van der Waals surface area contributed by atoms with Crippen LogP contribution in [-0.2, 0) is 14.4 Å². The number of carboxylic acids is 1. The second-order valence-electron chi connectivity index (χ2n) is 4.52. The summed E-state index contributed by atoms with van der Waals surface area (Å²) in [6.07, 6.45) is 4.15. The number of hydrogen-bond acceptors (Lipinski definition) is 3. The zero-order valence-corrected chi connectivity index (χ0v) is 10.2. The highest BCUT2D eigenvalue weighted by Gasteiger charge is 2.36. The van der Waals surface area contributed by atoms with Gasteiger partial charge in [-0.2, -0.15) is 0 Å². The fraction of sp³-hybridized carbons (Fsp3) is 0.462. The summed E-state index contributed by atoms with van der Waals surface area (Å²) in [6.45, 7) is 1.76. The van der Waals surface area contributed by atoms with Gasteiger partial charge in [-0.05, 0) is 25.7 Å². The van der Waals surface area contributed by atoms with Crippen LogP contribution in [0.5, 0.6) is 0 Å². The highest BCUT2D eigenvalue weighted by atomic mass is 16.4. The van der Waals surface area contributed by atoms with Gasteiger partial charge in [0.25, 0.3) is 11.8 Å². The first-order chi connectivity index (χ1) is 8.54. The van der Waals surface area contributed by atoms with Gasteiger partial charge in [-0.3, -0.25) is 14.9 Å². The number of amides is 2. The van der Waals surface area contributed by atoms with Gasteiger partial charge in [-0.25, -0.2) is 4.79 Å². The van der Waals surface area contributed by atoms with Crippen molar-refractivity contribution in [2.75, 3.05) is 0 Å². The normalized spacial score (nSPS) is 24.1. The molecule has 0 aromatic carbocycles. The number of allylic oxidation sites excluding steroid dienone is 1. The van der Waals surface area contributed by atoms with Crippen LogP contribution in [0, 0.1) is 5.92 Å². The molecule has 1 heterocycles. The van der Waals surface area contributed by atoms with Crippen LogP contribution in [0.4, 0.5) is 0 Å². The lowest BCUT2D eigenvalue weighted by Crippen LogP contribution is -2.24. The molecule has 2 rings (SSSR count). The second kappa shape index (κ2) is 4.76. The molecule has 1 aliphatic carbocycles. The van der Waals surface area contributed by atoms with Crippen LogP contribution < -0.4 is 5.32 Å². The van der Waals surface area contributed by atoms with E-state index in [-0.39, 0.29) is 17.7 Å². The van der Waals surface area contributed by atoms with E-state index < -0.39 is 5.97 Å². The Hall–Kier alpha value is -1.91. The van der Waals surface area contributed by atoms with Gasteiger partial charge < -0.3 is 5.11 Å². The molecule has 1 atom stereocenters. The Labute approximate surface area is 105 Å². The first-order valence-corrected chi connectivity index (χ1v) is 6.07. The van der Waals surface area contributed by atoms with E-state index in [4.69, 9.17) is 5.11 Å². The smallest absolute Gasteiger partial charge is 0.331 e. The zero-order valence-electron chi connectivity index (χ0n) is 10.2. The number of hydrogen-bond donors (Lipinski definition) is 2. The number of carbonyl (C=O) groups excluding carboxylic acids is 2. The molecule has 96 valence electrons. The molecule has 0 saturated carbocycles. The second-order valence-corrected chi connectivity index (χ2v) is 4.52. The Bertz CT molecular complexity index is 487. The lowest BCUT2D eigenvalue weighted by atomic mass is 9.82. The highest BCUT2D eigenvalue weighted by molar-refractivity contribution is 6.20. The quantitative estimate of drug-likeness (QED) is 0.580. The molecule has 2 N–H and O–H groups in total. The molecule has 2 aliphatic rings. The van der Waals surface area contributed by atoms with Crippen LogP contribution in [0.25, 0.3) is 0 Å². The fourth-order valence-corrected chi connectivity index (χ4v) is 2.54. The minimum Gasteiger partial charge on any atom is -0.478 e. The zero-order chi connectivity index (χ0) is 13.3. The third kappa shape index (κ3) is 2.08. The van der Waals surface area contributed by atoms with E-state index in [9.17, 15) is 14.4 Å². The summed E-state index contributed by atoms with van der Waals surface area (Å²) in [4.78, 5) is 34.2. The Morgan fingerprint density at radius 2 is 2.17 bits per heavy atom. The number of carboxylic acid groups (broad SMARTS) is 1. The summed E-state index contributed by atoms with van der Waals surface area (Å²) >= 11 is 0. The number of aliphatic carboxylic acids is 1. The van der Waals surface area contributed by atoms with Gasteiger partial charge >= 0.3 is 5.97 Å². The van der Waals surface area contributed by atoms with Crippen LogP contribution in [0.15, 0.2) is 22.8 Å². The molecule has 0 bridgehead atoms. The minimum atomic E-state index is -0.963. The molecule has 5 heteroatoms. The van der Waals surface area contributed by atoms with Crippen molar-refractivity contribution in [2.24, 2.45) is 5.92 Å². The lowest BCUT2D eigenvalue weighted by molar-refractivity contribution is -0.133. The van der Waals surface area contributed by atoms with Crippen molar-refractivity contribution in [3.05, 3.63) is 22.8 Å². The summed E-state index contributed by atoms with van der Waals surface area (Å²) in [6, 6.07) is 0. The number of imide groups is 1. The van der Waals surface area contributed by atoms with Crippen molar-refractivity contribution in [2.45, 2.75) is 32.6 Å². The molecule has 0 radical (unpaired) electrons. The van der Waals surface area contributed by atoms with Gasteiger partial charge in [0.2, 0.25) is 0 Å². The van der Waals surface area contributed by atoms with Crippen molar-refractivity contribution < 1.29 is 19.5 Å². The highest BCUT2D eigenvalue weighted by Crippen LogP contribution is 2.35. The van der Waals surface area contributed by atoms with Crippen molar-refractivity contribution in [3.63, 3.8) is 0 Å². The molecule has 0 aromatic heterocycles. The number of nitrogens with one attached hydrogen (secondary N) is 1. The molecule has 0 spiro atoms. The average Bonchev–Trinajstić information content (AvgIpc) is 2.62. The van der Waals surface area contributed by atoms with Crippen molar-refractivity contribution in [1.82, 2.24) is 5.32 Å². The van der Waals surface area contributed by atoms with Crippen molar-refractivity contribution in [3.8, 4) is 0 Å². The predicted molar refractivity (Wildman–Crippen MR) is 63.5 cm³/mol.